The molecule has 22 heavy (non-hydrogen) atoms. The summed E-state index contributed by atoms with van der Waals surface area (Å²) in [6, 6.07) is 3.87. The number of aryl methyl sites for hydroxylation is 1. The lowest BCUT2D eigenvalue weighted by molar-refractivity contribution is 0.251. The number of aromatic nitrogens is 3. The van der Waals surface area contributed by atoms with Crippen molar-refractivity contribution in [3.05, 3.63) is 42.0 Å². The number of hydrogen-bond donors (Lipinski definition) is 0. The highest BCUT2D eigenvalue weighted by Gasteiger charge is 2.31. The smallest absolute Gasteiger partial charge is 0.243 e. The molecule has 0 aliphatic carbocycles. The zero-order chi connectivity index (χ0) is 15.7. The number of hydrogen-bond acceptors (Lipinski definition) is 4. The predicted molar refractivity (Wildman–Crippen MR) is 78.2 cm³/mol. The molecule has 0 spiro atoms. The summed E-state index contributed by atoms with van der Waals surface area (Å²) < 4.78 is 41.9. The Balaban J connectivity index is 1.86. The summed E-state index contributed by atoms with van der Waals surface area (Å²) >= 11 is 0. The predicted octanol–water partition coefficient (Wildman–Crippen LogP) is 1.75. The standard InChI is InChI=1S/C14H17FN4O2S/c1-11-9-13(4-5-14(11)15)22(20,21)18-7-2-3-12(10-18)19-8-6-16-17-19/h4-6,8-9,12H,2-3,7,10H2,1H3. The molecule has 0 N–H and O–H groups in total. The van der Waals surface area contributed by atoms with Crippen LogP contribution < -0.4 is 0 Å². The van der Waals surface area contributed by atoms with Crippen LogP contribution in [0.25, 0.3) is 0 Å². The van der Waals surface area contributed by atoms with Gasteiger partial charge >= 0.3 is 0 Å². The number of rotatable bonds is 3. The number of nitrogens with zero attached hydrogens (tertiary/aromatic N) is 4. The zero-order valence-corrected chi connectivity index (χ0v) is 13.0. The fourth-order valence-corrected chi connectivity index (χ4v) is 4.30. The molecule has 1 aromatic carbocycles. The quantitative estimate of drug-likeness (QED) is 0.862. The first-order valence-electron chi connectivity index (χ1n) is 7.10. The Kier molecular flexibility index (Phi) is 3.96. The molecule has 0 amide bonds. The highest BCUT2D eigenvalue weighted by molar-refractivity contribution is 7.89. The van der Waals surface area contributed by atoms with E-state index in [1.807, 2.05) is 0 Å². The van der Waals surface area contributed by atoms with Crippen LogP contribution in [0, 0.1) is 12.7 Å². The van der Waals surface area contributed by atoms with Crippen molar-refractivity contribution < 1.29 is 12.8 Å². The lowest BCUT2D eigenvalue weighted by atomic mass is 10.1. The second-order valence-electron chi connectivity index (χ2n) is 5.45. The van der Waals surface area contributed by atoms with Gasteiger partial charge in [0.25, 0.3) is 0 Å². The lowest BCUT2D eigenvalue weighted by Crippen LogP contribution is -2.40. The van der Waals surface area contributed by atoms with E-state index in [0.717, 1.165) is 12.8 Å². The van der Waals surface area contributed by atoms with Gasteiger partial charge < -0.3 is 0 Å². The third-order valence-corrected chi connectivity index (χ3v) is 5.80. The summed E-state index contributed by atoms with van der Waals surface area (Å²) in [5, 5.41) is 7.72. The first-order chi connectivity index (χ1) is 10.5. The minimum absolute atomic E-state index is 0.0208. The van der Waals surface area contributed by atoms with Crippen molar-refractivity contribution in [3.63, 3.8) is 0 Å². The second-order valence-corrected chi connectivity index (χ2v) is 7.39. The Bertz CT molecular complexity index is 761. The average molecular weight is 324 g/mol. The van der Waals surface area contributed by atoms with Crippen LogP contribution in [0.2, 0.25) is 0 Å². The van der Waals surface area contributed by atoms with Crippen LogP contribution in [0.5, 0.6) is 0 Å². The maximum absolute atomic E-state index is 13.4. The van der Waals surface area contributed by atoms with E-state index in [4.69, 9.17) is 0 Å². The molecule has 1 fully saturated rings. The van der Waals surface area contributed by atoms with E-state index in [2.05, 4.69) is 10.3 Å². The molecule has 3 rings (SSSR count). The van der Waals surface area contributed by atoms with Gasteiger partial charge in [-0.2, -0.15) is 4.31 Å². The molecule has 8 heteroatoms. The van der Waals surface area contributed by atoms with E-state index >= 15 is 0 Å². The van der Waals surface area contributed by atoms with Crippen LogP contribution in [0.3, 0.4) is 0 Å². The van der Waals surface area contributed by atoms with Crippen LogP contribution in [0.1, 0.15) is 24.4 Å². The lowest BCUT2D eigenvalue weighted by Gasteiger charge is -2.31. The Hall–Kier alpha value is -1.80. The Morgan fingerprint density at radius 1 is 1.36 bits per heavy atom. The average Bonchev–Trinajstić information content (AvgIpc) is 3.04. The summed E-state index contributed by atoms with van der Waals surface area (Å²) in [5.74, 6) is -0.405. The molecule has 1 aromatic heterocycles. The van der Waals surface area contributed by atoms with Crippen molar-refractivity contribution in [2.75, 3.05) is 13.1 Å². The third-order valence-electron chi connectivity index (χ3n) is 3.94. The largest absolute Gasteiger partial charge is 0.248 e. The van der Waals surface area contributed by atoms with Gasteiger partial charge in [-0.25, -0.2) is 17.5 Å². The van der Waals surface area contributed by atoms with Crippen molar-refractivity contribution in [2.45, 2.75) is 30.7 Å². The first-order valence-corrected chi connectivity index (χ1v) is 8.54. The molecular formula is C14H17FN4O2S. The van der Waals surface area contributed by atoms with Gasteiger partial charge in [-0.3, -0.25) is 0 Å². The van der Waals surface area contributed by atoms with Crippen LogP contribution in [0.15, 0.2) is 35.5 Å². The zero-order valence-electron chi connectivity index (χ0n) is 12.2. The number of benzene rings is 1. The first kappa shape index (κ1) is 15.1. The van der Waals surface area contributed by atoms with Gasteiger partial charge in [-0.05, 0) is 43.5 Å². The Morgan fingerprint density at radius 3 is 2.86 bits per heavy atom. The molecule has 2 aromatic rings. The Labute approximate surface area is 128 Å². The molecule has 0 bridgehead atoms. The van der Waals surface area contributed by atoms with Crippen molar-refractivity contribution in [3.8, 4) is 0 Å². The molecule has 1 aliphatic rings. The van der Waals surface area contributed by atoms with Gasteiger partial charge in [-0.1, -0.05) is 5.21 Å². The second kappa shape index (κ2) is 5.77. The van der Waals surface area contributed by atoms with E-state index in [1.54, 1.807) is 24.0 Å². The summed E-state index contributed by atoms with van der Waals surface area (Å²) in [6.45, 7) is 2.37. The molecule has 1 saturated heterocycles. The topological polar surface area (TPSA) is 68.1 Å². The minimum atomic E-state index is -3.62. The minimum Gasteiger partial charge on any atom is -0.248 e. The van der Waals surface area contributed by atoms with Crippen molar-refractivity contribution in [2.24, 2.45) is 0 Å². The fourth-order valence-electron chi connectivity index (χ4n) is 2.69. The van der Waals surface area contributed by atoms with E-state index in [-0.39, 0.29) is 10.9 Å². The van der Waals surface area contributed by atoms with Gasteiger partial charge in [-0.15, -0.1) is 5.10 Å². The molecule has 1 atom stereocenters. The number of piperidine rings is 1. The van der Waals surface area contributed by atoms with Crippen LogP contribution in [0.4, 0.5) is 4.39 Å². The highest BCUT2D eigenvalue weighted by atomic mass is 32.2. The van der Waals surface area contributed by atoms with Crippen molar-refractivity contribution >= 4 is 10.0 Å². The van der Waals surface area contributed by atoms with E-state index in [0.29, 0.717) is 18.7 Å². The molecule has 1 aliphatic heterocycles. The van der Waals surface area contributed by atoms with Crippen molar-refractivity contribution in [1.82, 2.24) is 19.3 Å². The van der Waals surface area contributed by atoms with Gasteiger partial charge in [0.1, 0.15) is 5.82 Å². The Morgan fingerprint density at radius 2 is 2.18 bits per heavy atom. The maximum Gasteiger partial charge on any atom is 0.243 e. The van der Waals surface area contributed by atoms with E-state index in [9.17, 15) is 12.8 Å². The SMILES string of the molecule is Cc1cc(S(=O)(=O)N2CCCC(n3ccnn3)C2)ccc1F. The number of halogens is 1. The molecule has 6 nitrogen and oxygen atoms in total. The molecule has 118 valence electrons. The highest BCUT2D eigenvalue weighted by Crippen LogP contribution is 2.26. The van der Waals surface area contributed by atoms with Crippen molar-refractivity contribution in [1.29, 1.82) is 0 Å². The van der Waals surface area contributed by atoms with Crippen LogP contribution in [-0.2, 0) is 10.0 Å². The monoisotopic (exact) mass is 324 g/mol. The van der Waals surface area contributed by atoms with E-state index < -0.39 is 15.8 Å². The summed E-state index contributed by atoms with van der Waals surface area (Å²) in [5.41, 5.74) is 0.325. The summed E-state index contributed by atoms with van der Waals surface area (Å²) in [7, 11) is -3.62. The molecule has 0 radical (unpaired) electrons. The molecule has 1 unspecified atom stereocenters. The van der Waals surface area contributed by atoms with Gasteiger partial charge in [0.15, 0.2) is 0 Å². The molecule has 0 saturated carbocycles. The third kappa shape index (κ3) is 2.76. The molecular weight excluding hydrogens is 307 g/mol. The maximum atomic E-state index is 13.4. The van der Waals surface area contributed by atoms with Crippen LogP contribution >= 0.6 is 0 Å². The van der Waals surface area contributed by atoms with Gasteiger partial charge in [0.05, 0.1) is 17.1 Å². The fraction of sp³-hybridized carbons (Fsp3) is 0.429. The van der Waals surface area contributed by atoms with Crippen LogP contribution in [-0.4, -0.2) is 40.8 Å². The molecule has 2 heterocycles. The summed E-state index contributed by atoms with van der Waals surface area (Å²) in [4.78, 5) is 0.130. The van der Waals surface area contributed by atoms with Gasteiger partial charge in [0, 0.05) is 19.3 Å². The summed E-state index contributed by atoms with van der Waals surface area (Å²) in [6.07, 6.45) is 4.93. The normalized spacial score (nSPS) is 20.2. The van der Waals surface area contributed by atoms with Gasteiger partial charge in [0.2, 0.25) is 10.0 Å². The van der Waals surface area contributed by atoms with E-state index in [1.165, 1.54) is 22.5 Å². The number of sulfonamides is 1.